The van der Waals surface area contributed by atoms with Crippen molar-refractivity contribution in [3.05, 3.63) is 131 Å². The van der Waals surface area contributed by atoms with E-state index in [0.29, 0.717) is 11.1 Å². The van der Waals surface area contributed by atoms with Crippen LogP contribution >= 0.6 is 0 Å². The summed E-state index contributed by atoms with van der Waals surface area (Å²) in [5, 5.41) is 0. The molecule has 9 heteroatoms. The third-order valence-corrected chi connectivity index (χ3v) is 6.01. The number of halogens is 6. The largest absolute Gasteiger partial charge is 0.457 e. The van der Waals surface area contributed by atoms with Crippen LogP contribution in [0.5, 0.6) is 11.5 Å². The van der Waals surface area contributed by atoms with Crippen molar-refractivity contribution in [3.63, 3.8) is 0 Å². The summed E-state index contributed by atoms with van der Waals surface area (Å²) in [6, 6.07) is 22.0. The zero-order chi connectivity index (χ0) is 28.8. The Morgan fingerprint density at radius 3 is 1.41 bits per heavy atom. The Morgan fingerprint density at radius 2 is 0.974 bits per heavy atom. The molecule has 4 aromatic rings. The monoisotopic (exact) mass is 545 g/mol. The molecule has 0 fully saturated rings. The molecule has 0 unspecified atom stereocenters. The van der Waals surface area contributed by atoms with Crippen molar-refractivity contribution in [2.75, 3.05) is 7.05 Å². The summed E-state index contributed by atoms with van der Waals surface area (Å²) < 4.78 is 90.5. The quantitative estimate of drug-likeness (QED) is 0.197. The molecule has 4 aromatic carbocycles. The molecule has 0 saturated heterocycles. The summed E-state index contributed by atoms with van der Waals surface area (Å²) in [5.41, 5.74) is 0.290. The van der Waals surface area contributed by atoms with Crippen LogP contribution in [0.4, 0.5) is 26.3 Å². The fourth-order valence-electron chi connectivity index (χ4n) is 4.13. The number of ether oxygens (including phenoxy) is 1. The zero-order valence-electron chi connectivity index (χ0n) is 21.0. The van der Waals surface area contributed by atoms with E-state index in [1.165, 1.54) is 37.4 Å². The van der Waals surface area contributed by atoms with Crippen molar-refractivity contribution in [1.82, 2.24) is 0 Å². The van der Waals surface area contributed by atoms with Crippen LogP contribution in [-0.4, -0.2) is 25.2 Å². The van der Waals surface area contributed by atoms with Crippen LogP contribution in [0.1, 0.15) is 32.6 Å². The molecule has 0 saturated carbocycles. The summed E-state index contributed by atoms with van der Waals surface area (Å²) in [6.07, 6.45) is -11.3. The van der Waals surface area contributed by atoms with Gasteiger partial charge in [-0.25, -0.2) is 0 Å². The number of rotatable bonds is 6. The first-order chi connectivity index (χ1) is 18.4. The number of nitrogens with two attached hydrogens (primary N) is 1. The van der Waals surface area contributed by atoms with E-state index in [1.54, 1.807) is 12.1 Å². The van der Waals surface area contributed by atoms with E-state index in [1.807, 2.05) is 19.1 Å². The van der Waals surface area contributed by atoms with Crippen molar-refractivity contribution in [3.8, 4) is 11.5 Å². The number of ketones is 1. The highest BCUT2D eigenvalue weighted by molar-refractivity contribution is 6.09. The lowest BCUT2D eigenvalue weighted by Crippen LogP contribution is -2.54. The average Bonchev–Trinajstić information content (AvgIpc) is 2.91. The maximum absolute atomic E-state index is 14.2. The standard InChI is InChI=1S/C29H20F6O2.CH5N/c1-19-7-9-20(10-8-19)26(36)21-11-15-24(16-12-21)37-25-17-13-23(14-18-25)27(28(30,31)32,29(33,34)35)22-5-3-2-4-6-22;1-2/h2-18H,1H3;2H2,1H3. The molecular weight excluding hydrogens is 520 g/mol. The summed E-state index contributed by atoms with van der Waals surface area (Å²) >= 11 is 0. The van der Waals surface area contributed by atoms with Gasteiger partial charge in [0.1, 0.15) is 11.5 Å². The van der Waals surface area contributed by atoms with Gasteiger partial charge in [0.25, 0.3) is 0 Å². The summed E-state index contributed by atoms with van der Waals surface area (Å²) in [7, 11) is 1.50. The van der Waals surface area contributed by atoms with E-state index in [4.69, 9.17) is 4.74 Å². The number of benzene rings is 4. The van der Waals surface area contributed by atoms with Gasteiger partial charge in [0.05, 0.1) is 0 Å². The molecule has 0 radical (unpaired) electrons. The minimum atomic E-state index is -5.66. The van der Waals surface area contributed by atoms with Gasteiger partial charge in [0.15, 0.2) is 5.78 Å². The molecule has 4 rings (SSSR count). The second kappa shape index (κ2) is 11.7. The van der Waals surface area contributed by atoms with Crippen molar-refractivity contribution in [2.45, 2.75) is 24.7 Å². The van der Waals surface area contributed by atoms with Gasteiger partial charge >= 0.3 is 12.4 Å². The van der Waals surface area contributed by atoms with E-state index in [2.05, 4.69) is 5.73 Å². The Labute approximate surface area is 221 Å². The fraction of sp³-hybridized carbons (Fsp3) is 0.167. The SMILES string of the molecule is CN.Cc1ccc(C(=O)c2ccc(Oc3ccc(C(c4ccccc4)(C(F)(F)F)C(F)(F)F)cc3)cc2)cc1. The average molecular weight is 546 g/mol. The van der Waals surface area contributed by atoms with E-state index in [9.17, 15) is 31.1 Å². The van der Waals surface area contributed by atoms with Crippen LogP contribution in [0.2, 0.25) is 0 Å². The summed E-state index contributed by atoms with van der Waals surface area (Å²) in [5.74, 6) is 0.0919. The predicted molar refractivity (Wildman–Crippen MR) is 137 cm³/mol. The van der Waals surface area contributed by atoms with Gasteiger partial charge in [-0.1, -0.05) is 72.3 Å². The first kappa shape index (κ1) is 29.4. The Balaban J connectivity index is 0.00000205. The first-order valence-electron chi connectivity index (χ1n) is 11.7. The van der Waals surface area contributed by atoms with Crippen LogP contribution in [0.3, 0.4) is 0 Å². The third kappa shape index (κ3) is 5.98. The lowest BCUT2D eigenvalue weighted by Gasteiger charge is -2.38. The van der Waals surface area contributed by atoms with Gasteiger partial charge < -0.3 is 10.5 Å². The molecule has 204 valence electrons. The maximum Gasteiger partial charge on any atom is 0.411 e. The Kier molecular flexibility index (Phi) is 8.86. The van der Waals surface area contributed by atoms with Gasteiger partial charge in [-0.2, -0.15) is 26.3 Å². The van der Waals surface area contributed by atoms with Gasteiger partial charge in [0, 0.05) is 11.1 Å². The highest BCUT2D eigenvalue weighted by Crippen LogP contribution is 2.56. The van der Waals surface area contributed by atoms with Gasteiger partial charge in [-0.05, 0) is 61.5 Å². The number of carbonyl (C=O) groups excluding carboxylic acids is 1. The van der Waals surface area contributed by atoms with Crippen LogP contribution in [-0.2, 0) is 5.41 Å². The minimum absolute atomic E-state index is 0.0349. The molecule has 0 aliphatic heterocycles. The van der Waals surface area contributed by atoms with E-state index in [0.717, 1.165) is 54.1 Å². The minimum Gasteiger partial charge on any atom is -0.457 e. The number of aryl methyl sites for hydroxylation is 1. The molecule has 0 aromatic heterocycles. The smallest absolute Gasteiger partial charge is 0.411 e. The summed E-state index contributed by atoms with van der Waals surface area (Å²) in [6.45, 7) is 1.90. The lowest BCUT2D eigenvalue weighted by atomic mass is 9.73. The Hall–Kier alpha value is -4.11. The third-order valence-electron chi connectivity index (χ3n) is 6.01. The Bertz CT molecular complexity index is 1350. The molecule has 2 N–H and O–H groups in total. The first-order valence-corrected chi connectivity index (χ1v) is 11.7. The second-order valence-corrected chi connectivity index (χ2v) is 8.46. The normalized spacial score (nSPS) is 11.8. The topological polar surface area (TPSA) is 52.3 Å². The van der Waals surface area contributed by atoms with Gasteiger partial charge in [-0.3, -0.25) is 4.79 Å². The molecule has 0 bridgehead atoms. The molecular formula is C30H25F6NO2. The van der Waals surface area contributed by atoms with Gasteiger partial charge in [-0.15, -0.1) is 0 Å². The summed E-state index contributed by atoms with van der Waals surface area (Å²) in [4.78, 5) is 12.6. The number of carbonyl (C=O) groups is 1. The van der Waals surface area contributed by atoms with Crippen LogP contribution in [0, 0.1) is 6.92 Å². The lowest BCUT2D eigenvalue weighted by molar-refractivity contribution is -0.288. The molecule has 3 nitrogen and oxygen atoms in total. The Morgan fingerprint density at radius 1 is 0.590 bits per heavy atom. The van der Waals surface area contributed by atoms with Crippen molar-refractivity contribution in [2.24, 2.45) is 5.73 Å². The van der Waals surface area contributed by atoms with Gasteiger partial charge in [0.2, 0.25) is 5.41 Å². The molecule has 0 atom stereocenters. The van der Waals surface area contributed by atoms with E-state index >= 15 is 0 Å². The van der Waals surface area contributed by atoms with Crippen LogP contribution < -0.4 is 10.5 Å². The van der Waals surface area contributed by atoms with Crippen molar-refractivity contribution >= 4 is 5.78 Å². The second-order valence-electron chi connectivity index (χ2n) is 8.46. The zero-order valence-corrected chi connectivity index (χ0v) is 21.0. The number of hydrogen-bond acceptors (Lipinski definition) is 3. The molecule has 0 spiro atoms. The predicted octanol–water partition coefficient (Wildman–Crippen LogP) is 8.00. The highest BCUT2D eigenvalue weighted by Gasteiger charge is 2.72. The van der Waals surface area contributed by atoms with Crippen molar-refractivity contribution in [1.29, 1.82) is 0 Å². The van der Waals surface area contributed by atoms with Crippen molar-refractivity contribution < 1.29 is 35.9 Å². The van der Waals surface area contributed by atoms with Crippen LogP contribution in [0.25, 0.3) is 0 Å². The number of alkyl halides is 6. The molecule has 0 amide bonds. The van der Waals surface area contributed by atoms with E-state index < -0.39 is 28.9 Å². The fourth-order valence-corrected chi connectivity index (χ4v) is 4.13. The van der Waals surface area contributed by atoms with Crippen LogP contribution in [0.15, 0.2) is 103 Å². The number of hydrogen-bond donors (Lipinski definition) is 1. The highest BCUT2D eigenvalue weighted by atomic mass is 19.4. The molecule has 39 heavy (non-hydrogen) atoms. The molecule has 0 heterocycles. The van der Waals surface area contributed by atoms with E-state index in [-0.39, 0.29) is 17.3 Å². The molecule has 0 aliphatic rings. The maximum atomic E-state index is 14.2. The molecule has 0 aliphatic carbocycles.